The van der Waals surface area contributed by atoms with E-state index in [-0.39, 0.29) is 16.7 Å². The molecule has 1 saturated carbocycles. The molecule has 0 atom stereocenters. The SMILES string of the molecule is COC(=O)c1cc(NCC2(C)CCCC2)c(F)cc1N. The number of hydrogen-bond donors (Lipinski definition) is 2. The third-order valence-corrected chi connectivity index (χ3v) is 4.06. The summed E-state index contributed by atoms with van der Waals surface area (Å²) in [4.78, 5) is 11.6. The van der Waals surface area contributed by atoms with Gasteiger partial charge in [-0.2, -0.15) is 0 Å². The van der Waals surface area contributed by atoms with Gasteiger partial charge in [-0.3, -0.25) is 0 Å². The lowest BCUT2D eigenvalue weighted by Crippen LogP contribution is -2.23. The van der Waals surface area contributed by atoms with Crippen molar-refractivity contribution >= 4 is 17.3 Å². The summed E-state index contributed by atoms with van der Waals surface area (Å²) in [5, 5.41) is 3.10. The van der Waals surface area contributed by atoms with Crippen LogP contribution >= 0.6 is 0 Å². The summed E-state index contributed by atoms with van der Waals surface area (Å²) in [7, 11) is 1.28. The Morgan fingerprint density at radius 3 is 2.70 bits per heavy atom. The maximum absolute atomic E-state index is 13.9. The number of anilines is 2. The molecule has 2 rings (SSSR count). The highest BCUT2D eigenvalue weighted by molar-refractivity contribution is 5.96. The first-order valence-corrected chi connectivity index (χ1v) is 6.86. The second kappa shape index (κ2) is 5.69. The fourth-order valence-electron chi connectivity index (χ4n) is 2.72. The van der Waals surface area contributed by atoms with Crippen LogP contribution < -0.4 is 11.1 Å². The van der Waals surface area contributed by atoms with E-state index in [0.717, 1.165) is 18.9 Å². The minimum absolute atomic E-state index is 0.0898. The maximum atomic E-state index is 13.9. The molecule has 1 aliphatic rings. The smallest absolute Gasteiger partial charge is 0.340 e. The highest BCUT2D eigenvalue weighted by Crippen LogP contribution is 2.37. The number of carbonyl (C=O) groups excluding carboxylic acids is 1. The number of rotatable bonds is 4. The van der Waals surface area contributed by atoms with Crippen molar-refractivity contribution in [2.24, 2.45) is 5.41 Å². The van der Waals surface area contributed by atoms with Gasteiger partial charge >= 0.3 is 5.97 Å². The largest absolute Gasteiger partial charge is 0.465 e. The number of esters is 1. The molecule has 0 unspecified atom stereocenters. The summed E-state index contributed by atoms with van der Waals surface area (Å²) in [6.45, 7) is 2.89. The van der Waals surface area contributed by atoms with Gasteiger partial charge in [-0.05, 0) is 30.4 Å². The molecule has 0 aliphatic heterocycles. The van der Waals surface area contributed by atoms with Gasteiger partial charge in [0.15, 0.2) is 0 Å². The molecular weight excluding hydrogens is 259 g/mol. The number of hydrogen-bond acceptors (Lipinski definition) is 4. The summed E-state index contributed by atoms with van der Waals surface area (Å²) in [6.07, 6.45) is 4.71. The fourth-order valence-corrected chi connectivity index (χ4v) is 2.72. The van der Waals surface area contributed by atoms with E-state index in [2.05, 4.69) is 17.0 Å². The van der Waals surface area contributed by atoms with E-state index in [9.17, 15) is 9.18 Å². The third-order valence-electron chi connectivity index (χ3n) is 4.06. The molecular formula is C15H21FN2O2. The second-order valence-corrected chi connectivity index (χ2v) is 5.78. The van der Waals surface area contributed by atoms with Crippen molar-refractivity contribution in [3.63, 3.8) is 0 Å². The van der Waals surface area contributed by atoms with Crippen molar-refractivity contribution in [3.8, 4) is 0 Å². The van der Waals surface area contributed by atoms with Crippen LogP contribution in [0.5, 0.6) is 0 Å². The van der Waals surface area contributed by atoms with Gasteiger partial charge < -0.3 is 15.8 Å². The van der Waals surface area contributed by atoms with Crippen molar-refractivity contribution in [2.75, 3.05) is 24.7 Å². The van der Waals surface area contributed by atoms with Gasteiger partial charge in [-0.15, -0.1) is 0 Å². The molecule has 1 aromatic carbocycles. The van der Waals surface area contributed by atoms with Gasteiger partial charge in [-0.25, -0.2) is 9.18 Å². The normalized spacial score (nSPS) is 16.9. The minimum Gasteiger partial charge on any atom is -0.465 e. The lowest BCUT2D eigenvalue weighted by Gasteiger charge is -2.24. The van der Waals surface area contributed by atoms with E-state index < -0.39 is 11.8 Å². The number of halogens is 1. The average Bonchev–Trinajstić information content (AvgIpc) is 2.84. The molecule has 110 valence electrons. The van der Waals surface area contributed by atoms with Crippen LogP contribution in [0.4, 0.5) is 15.8 Å². The van der Waals surface area contributed by atoms with Gasteiger partial charge in [0.1, 0.15) is 5.82 Å². The predicted molar refractivity (Wildman–Crippen MR) is 77.2 cm³/mol. The molecule has 0 radical (unpaired) electrons. The number of ether oxygens (including phenoxy) is 1. The Bertz CT molecular complexity index is 511. The fraction of sp³-hybridized carbons (Fsp3) is 0.533. The zero-order chi connectivity index (χ0) is 14.8. The van der Waals surface area contributed by atoms with Gasteiger partial charge in [0.25, 0.3) is 0 Å². The van der Waals surface area contributed by atoms with Crippen LogP contribution in [0.25, 0.3) is 0 Å². The molecule has 1 aliphatic carbocycles. The monoisotopic (exact) mass is 280 g/mol. The topological polar surface area (TPSA) is 64.3 Å². The molecule has 0 saturated heterocycles. The molecule has 1 fully saturated rings. The standard InChI is InChI=1S/C15H21FN2O2/c1-15(5-3-4-6-15)9-18-13-7-10(14(19)20-2)12(17)8-11(13)16/h7-8,18H,3-6,9,17H2,1-2H3. The first-order valence-electron chi connectivity index (χ1n) is 6.86. The first-order chi connectivity index (χ1) is 9.45. The number of nitrogens with one attached hydrogen (secondary N) is 1. The van der Waals surface area contributed by atoms with Crippen LogP contribution in [-0.2, 0) is 4.74 Å². The van der Waals surface area contributed by atoms with E-state index >= 15 is 0 Å². The summed E-state index contributed by atoms with van der Waals surface area (Å²) >= 11 is 0. The Morgan fingerprint density at radius 1 is 1.45 bits per heavy atom. The van der Waals surface area contributed by atoms with Gasteiger partial charge in [-0.1, -0.05) is 19.8 Å². The number of carbonyl (C=O) groups is 1. The Labute approximate surface area is 118 Å². The van der Waals surface area contributed by atoms with E-state index in [4.69, 9.17) is 5.73 Å². The third kappa shape index (κ3) is 3.03. The zero-order valence-corrected chi connectivity index (χ0v) is 12.0. The van der Waals surface area contributed by atoms with Crippen LogP contribution in [-0.4, -0.2) is 19.6 Å². The summed E-state index contributed by atoms with van der Waals surface area (Å²) < 4.78 is 18.5. The van der Waals surface area contributed by atoms with Crippen molar-refractivity contribution in [2.45, 2.75) is 32.6 Å². The Balaban J connectivity index is 2.16. The molecule has 4 nitrogen and oxygen atoms in total. The van der Waals surface area contributed by atoms with Crippen LogP contribution in [0.1, 0.15) is 43.0 Å². The van der Waals surface area contributed by atoms with Crippen LogP contribution in [0.2, 0.25) is 0 Å². The quantitative estimate of drug-likeness (QED) is 0.656. The molecule has 5 heteroatoms. The minimum atomic E-state index is -0.558. The molecule has 3 N–H and O–H groups in total. The van der Waals surface area contributed by atoms with Crippen molar-refractivity contribution in [1.29, 1.82) is 0 Å². The highest BCUT2D eigenvalue weighted by atomic mass is 19.1. The highest BCUT2D eigenvalue weighted by Gasteiger charge is 2.28. The van der Waals surface area contributed by atoms with Gasteiger partial charge in [0.05, 0.1) is 18.4 Å². The maximum Gasteiger partial charge on any atom is 0.340 e. The number of nitrogen functional groups attached to an aromatic ring is 1. The molecule has 0 amide bonds. The predicted octanol–water partition coefficient (Wildman–Crippen LogP) is 3.19. The number of methoxy groups -OCH3 is 1. The Morgan fingerprint density at radius 2 is 2.10 bits per heavy atom. The molecule has 0 heterocycles. The van der Waals surface area contributed by atoms with Crippen molar-refractivity contribution in [3.05, 3.63) is 23.5 Å². The van der Waals surface area contributed by atoms with Crippen molar-refractivity contribution in [1.82, 2.24) is 0 Å². The van der Waals surface area contributed by atoms with E-state index in [1.807, 2.05) is 0 Å². The molecule has 20 heavy (non-hydrogen) atoms. The molecule has 0 aromatic heterocycles. The summed E-state index contributed by atoms with van der Waals surface area (Å²) in [6, 6.07) is 2.58. The lowest BCUT2D eigenvalue weighted by molar-refractivity contribution is 0.0602. The van der Waals surface area contributed by atoms with E-state index in [0.29, 0.717) is 12.2 Å². The zero-order valence-electron chi connectivity index (χ0n) is 12.0. The molecule has 0 spiro atoms. The number of nitrogens with two attached hydrogens (primary N) is 1. The summed E-state index contributed by atoms with van der Waals surface area (Å²) in [5.74, 6) is -1.01. The Kier molecular flexibility index (Phi) is 4.16. The van der Waals surface area contributed by atoms with Crippen LogP contribution in [0.3, 0.4) is 0 Å². The molecule has 0 bridgehead atoms. The van der Waals surface area contributed by atoms with Crippen LogP contribution in [0, 0.1) is 11.2 Å². The molecule has 1 aromatic rings. The Hall–Kier alpha value is -1.78. The van der Waals surface area contributed by atoms with Crippen molar-refractivity contribution < 1.29 is 13.9 Å². The van der Waals surface area contributed by atoms with Gasteiger partial charge in [0, 0.05) is 12.2 Å². The second-order valence-electron chi connectivity index (χ2n) is 5.78. The lowest BCUT2D eigenvalue weighted by atomic mass is 9.89. The van der Waals surface area contributed by atoms with E-state index in [1.165, 1.54) is 26.0 Å². The first kappa shape index (κ1) is 14.6. The van der Waals surface area contributed by atoms with E-state index in [1.54, 1.807) is 0 Å². The van der Waals surface area contributed by atoms with Crippen LogP contribution in [0.15, 0.2) is 12.1 Å². The average molecular weight is 280 g/mol. The number of benzene rings is 1. The van der Waals surface area contributed by atoms with Gasteiger partial charge in [0.2, 0.25) is 0 Å². The summed E-state index contributed by atoms with van der Waals surface area (Å²) in [5.41, 5.74) is 6.41.